The second kappa shape index (κ2) is 7.46. The van der Waals surface area contributed by atoms with E-state index in [0.717, 1.165) is 5.75 Å². The average molecular weight is 328 g/mol. The first-order valence-corrected chi connectivity index (χ1v) is 8.50. The molecule has 0 radical (unpaired) electrons. The van der Waals surface area contributed by atoms with Gasteiger partial charge >= 0.3 is 5.97 Å². The molecule has 1 aliphatic rings. The van der Waals surface area contributed by atoms with E-state index in [1.165, 1.54) is 21.5 Å². The zero-order valence-corrected chi connectivity index (χ0v) is 12.9. The number of hydrogen-bond acceptors (Lipinski definition) is 5. The third kappa shape index (κ3) is 4.47. The van der Waals surface area contributed by atoms with Crippen LogP contribution in [0.4, 0.5) is 0 Å². The van der Waals surface area contributed by atoms with Gasteiger partial charge in [-0.05, 0) is 11.4 Å². The number of rotatable bonds is 6. The second-order valence-corrected chi connectivity index (χ2v) is 6.58. The van der Waals surface area contributed by atoms with E-state index in [9.17, 15) is 14.4 Å². The summed E-state index contributed by atoms with van der Waals surface area (Å²) in [5.74, 6) is -0.659. The second-order valence-electron chi connectivity index (χ2n) is 4.56. The minimum Gasteiger partial charge on any atom is -0.481 e. The molecule has 2 amide bonds. The molecule has 2 N–H and O–H groups in total. The highest BCUT2D eigenvalue weighted by molar-refractivity contribution is 7.99. The molecule has 2 heterocycles. The summed E-state index contributed by atoms with van der Waals surface area (Å²) < 4.78 is 0. The summed E-state index contributed by atoms with van der Waals surface area (Å²) in [6.45, 7) is 0.734. The molecular weight excluding hydrogens is 312 g/mol. The maximum Gasteiger partial charge on any atom is 0.305 e. The van der Waals surface area contributed by atoms with Crippen LogP contribution in [0.3, 0.4) is 0 Å². The van der Waals surface area contributed by atoms with Crippen LogP contribution < -0.4 is 5.32 Å². The van der Waals surface area contributed by atoms with Crippen LogP contribution >= 0.6 is 23.1 Å². The fraction of sp³-hybridized carbons (Fsp3) is 0.462. The Bertz CT molecular complexity index is 518. The Morgan fingerprint density at radius 1 is 1.52 bits per heavy atom. The van der Waals surface area contributed by atoms with Crippen LogP contribution in [-0.2, 0) is 20.1 Å². The van der Waals surface area contributed by atoms with Gasteiger partial charge < -0.3 is 15.3 Å². The number of nitrogens with one attached hydrogen (secondary N) is 1. The molecule has 1 aromatic heterocycles. The Balaban J connectivity index is 1.88. The lowest BCUT2D eigenvalue weighted by Gasteiger charge is -2.34. The van der Waals surface area contributed by atoms with E-state index >= 15 is 0 Å². The number of carboxylic acid groups (broad SMARTS) is 1. The van der Waals surface area contributed by atoms with Gasteiger partial charge in [-0.15, -0.1) is 23.1 Å². The first-order valence-electron chi connectivity index (χ1n) is 6.47. The molecule has 0 aromatic carbocycles. The van der Waals surface area contributed by atoms with Crippen molar-refractivity contribution in [2.24, 2.45) is 0 Å². The largest absolute Gasteiger partial charge is 0.481 e. The molecule has 1 unspecified atom stereocenters. The quantitative estimate of drug-likeness (QED) is 0.806. The standard InChI is InChI=1S/C13H16N2O4S2/c16-11(8-20-7-9-2-1-5-21-9)15-4-3-14-13(19)10(15)6-12(17)18/h1-2,5,10H,3-4,6-8H2,(H,14,19)(H,17,18). The summed E-state index contributed by atoms with van der Waals surface area (Å²) in [5, 5.41) is 13.4. The normalized spacial score (nSPS) is 18.4. The van der Waals surface area contributed by atoms with Crippen LogP contribution in [0, 0.1) is 0 Å². The fourth-order valence-electron chi connectivity index (χ4n) is 2.10. The summed E-state index contributed by atoms with van der Waals surface area (Å²) in [7, 11) is 0. The van der Waals surface area contributed by atoms with E-state index < -0.39 is 12.0 Å². The van der Waals surface area contributed by atoms with Crippen LogP contribution in [0.1, 0.15) is 11.3 Å². The minimum absolute atomic E-state index is 0.183. The van der Waals surface area contributed by atoms with Gasteiger partial charge in [0.25, 0.3) is 0 Å². The molecule has 1 aliphatic heterocycles. The lowest BCUT2D eigenvalue weighted by molar-refractivity contribution is -0.147. The lowest BCUT2D eigenvalue weighted by Crippen LogP contribution is -2.58. The van der Waals surface area contributed by atoms with E-state index in [0.29, 0.717) is 13.1 Å². The van der Waals surface area contributed by atoms with E-state index in [1.807, 2.05) is 17.5 Å². The molecule has 6 nitrogen and oxygen atoms in total. The number of carbonyl (C=O) groups is 3. The molecule has 114 valence electrons. The van der Waals surface area contributed by atoms with Crippen molar-refractivity contribution >= 4 is 40.9 Å². The summed E-state index contributed by atoms with van der Waals surface area (Å²) in [5.41, 5.74) is 0. The number of thioether (sulfide) groups is 1. The van der Waals surface area contributed by atoms with E-state index in [4.69, 9.17) is 5.11 Å². The zero-order valence-electron chi connectivity index (χ0n) is 11.3. The van der Waals surface area contributed by atoms with Crippen molar-refractivity contribution in [2.45, 2.75) is 18.2 Å². The SMILES string of the molecule is O=C(O)CC1C(=O)NCCN1C(=O)CSCc1cccs1. The summed E-state index contributed by atoms with van der Waals surface area (Å²) in [6, 6.07) is 3.07. The van der Waals surface area contributed by atoms with E-state index in [1.54, 1.807) is 11.3 Å². The molecule has 0 saturated carbocycles. The molecule has 0 spiro atoms. The van der Waals surface area contributed by atoms with Gasteiger partial charge in [0.05, 0.1) is 12.2 Å². The van der Waals surface area contributed by atoms with Crippen LogP contribution in [0.5, 0.6) is 0 Å². The first-order chi connectivity index (χ1) is 10.1. The highest BCUT2D eigenvalue weighted by atomic mass is 32.2. The molecule has 0 aliphatic carbocycles. The summed E-state index contributed by atoms with van der Waals surface area (Å²) in [4.78, 5) is 37.3. The molecule has 1 atom stereocenters. The monoisotopic (exact) mass is 328 g/mol. The molecular formula is C13H16N2O4S2. The molecule has 21 heavy (non-hydrogen) atoms. The Kier molecular flexibility index (Phi) is 5.63. The molecule has 2 rings (SSSR count). The predicted octanol–water partition coefficient (Wildman–Crippen LogP) is 0.783. The van der Waals surface area contributed by atoms with Crippen molar-refractivity contribution in [1.82, 2.24) is 10.2 Å². The van der Waals surface area contributed by atoms with Crippen molar-refractivity contribution in [3.8, 4) is 0 Å². The average Bonchev–Trinajstić information content (AvgIpc) is 2.93. The zero-order chi connectivity index (χ0) is 15.2. The predicted molar refractivity (Wildman–Crippen MR) is 81.2 cm³/mol. The van der Waals surface area contributed by atoms with Gasteiger partial charge in [-0.1, -0.05) is 6.07 Å². The van der Waals surface area contributed by atoms with Gasteiger partial charge in [0.1, 0.15) is 6.04 Å². The maximum absolute atomic E-state index is 12.2. The maximum atomic E-state index is 12.2. The topological polar surface area (TPSA) is 86.7 Å². The number of thiophene rings is 1. The summed E-state index contributed by atoms with van der Waals surface area (Å²) >= 11 is 3.11. The van der Waals surface area contributed by atoms with Crippen LogP contribution in [0.15, 0.2) is 17.5 Å². The Labute approximate surface area is 130 Å². The number of aliphatic carboxylic acids is 1. The first kappa shape index (κ1) is 15.8. The van der Waals surface area contributed by atoms with Crippen LogP contribution in [-0.4, -0.2) is 52.7 Å². The third-order valence-electron chi connectivity index (χ3n) is 3.07. The molecule has 1 fully saturated rings. The van der Waals surface area contributed by atoms with Gasteiger partial charge in [-0.25, -0.2) is 0 Å². The number of carboxylic acids is 1. The third-order valence-corrected chi connectivity index (χ3v) is 5.09. The molecule has 1 aromatic rings. The molecule has 1 saturated heterocycles. The van der Waals surface area contributed by atoms with Gasteiger partial charge in [-0.2, -0.15) is 0 Å². The summed E-state index contributed by atoms with van der Waals surface area (Å²) in [6.07, 6.45) is -0.354. The molecule has 8 heteroatoms. The van der Waals surface area contributed by atoms with Crippen LogP contribution in [0.2, 0.25) is 0 Å². The highest BCUT2D eigenvalue weighted by Crippen LogP contribution is 2.18. The minimum atomic E-state index is -1.08. The Morgan fingerprint density at radius 2 is 2.33 bits per heavy atom. The van der Waals surface area contributed by atoms with Gasteiger partial charge in [0.15, 0.2) is 0 Å². The van der Waals surface area contributed by atoms with E-state index in [2.05, 4.69) is 5.32 Å². The Morgan fingerprint density at radius 3 is 3.00 bits per heavy atom. The number of nitrogens with zero attached hydrogens (tertiary/aromatic N) is 1. The van der Waals surface area contributed by atoms with Crippen LogP contribution in [0.25, 0.3) is 0 Å². The Hall–Kier alpha value is -1.54. The lowest BCUT2D eigenvalue weighted by atomic mass is 10.1. The van der Waals surface area contributed by atoms with Crippen molar-refractivity contribution in [3.05, 3.63) is 22.4 Å². The molecule has 0 bridgehead atoms. The fourth-order valence-corrected chi connectivity index (χ4v) is 3.85. The number of piperazine rings is 1. The van der Waals surface area contributed by atoms with Crippen molar-refractivity contribution in [1.29, 1.82) is 0 Å². The van der Waals surface area contributed by atoms with Crippen molar-refractivity contribution in [2.75, 3.05) is 18.8 Å². The van der Waals surface area contributed by atoms with Gasteiger partial charge in [-0.3, -0.25) is 14.4 Å². The number of amides is 2. The van der Waals surface area contributed by atoms with Gasteiger partial charge in [0, 0.05) is 23.7 Å². The van der Waals surface area contributed by atoms with Gasteiger partial charge in [0.2, 0.25) is 11.8 Å². The van der Waals surface area contributed by atoms with E-state index in [-0.39, 0.29) is 24.0 Å². The number of hydrogen-bond donors (Lipinski definition) is 2. The smallest absolute Gasteiger partial charge is 0.305 e. The number of carbonyl (C=O) groups excluding carboxylic acids is 2. The van der Waals surface area contributed by atoms with Crippen molar-refractivity contribution < 1.29 is 19.5 Å². The van der Waals surface area contributed by atoms with Crippen molar-refractivity contribution in [3.63, 3.8) is 0 Å². The highest BCUT2D eigenvalue weighted by Gasteiger charge is 2.34.